The molecule has 1 atom stereocenters. The summed E-state index contributed by atoms with van der Waals surface area (Å²) in [4.78, 5) is 12.1. The predicted octanol–water partition coefficient (Wildman–Crippen LogP) is 4.53. The smallest absolute Gasteiger partial charge is 0.230 e. The quantitative estimate of drug-likeness (QED) is 0.565. The van der Waals surface area contributed by atoms with Gasteiger partial charge in [0.2, 0.25) is 11.0 Å². The van der Waals surface area contributed by atoms with Crippen LogP contribution in [0, 0.1) is 11.6 Å². The summed E-state index contributed by atoms with van der Waals surface area (Å²) in [6, 6.07) is 11.8. The molecule has 2 N–H and O–H groups in total. The van der Waals surface area contributed by atoms with Gasteiger partial charge in [-0.1, -0.05) is 41.3 Å². The standard InChI is InChI=1S/C18H16F2N4OS2/c1-11(12-5-7-13(19)8-6-12)21-16(25)10-26-18-24-23-17(27-18)22-15-4-2-3-14(20)9-15/h2-9,11H,10H2,1H3,(H,21,25)(H,22,23). The molecule has 0 fully saturated rings. The van der Waals surface area contributed by atoms with Crippen LogP contribution >= 0.6 is 23.1 Å². The zero-order valence-corrected chi connectivity index (χ0v) is 15.9. The minimum absolute atomic E-state index is 0.160. The highest BCUT2D eigenvalue weighted by atomic mass is 32.2. The van der Waals surface area contributed by atoms with Crippen LogP contribution in [0.5, 0.6) is 0 Å². The molecule has 1 amide bonds. The van der Waals surface area contributed by atoms with Gasteiger partial charge in [-0.3, -0.25) is 4.79 Å². The Balaban J connectivity index is 1.49. The Labute approximate surface area is 163 Å². The maximum absolute atomic E-state index is 13.2. The average Bonchev–Trinajstić information content (AvgIpc) is 3.08. The summed E-state index contributed by atoms with van der Waals surface area (Å²) in [6.07, 6.45) is 0. The first-order valence-electron chi connectivity index (χ1n) is 8.03. The first-order valence-corrected chi connectivity index (χ1v) is 9.83. The van der Waals surface area contributed by atoms with Crippen molar-refractivity contribution in [3.05, 3.63) is 65.7 Å². The van der Waals surface area contributed by atoms with Crippen LogP contribution in [0.4, 0.5) is 19.6 Å². The number of anilines is 2. The molecule has 0 radical (unpaired) electrons. The minimum atomic E-state index is -0.342. The molecule has 0 saturated carbocycles. The van der Waals surface area contributed by atoms with Crippen LogP contribution in [-0.2, 0) is 4.79 Å². The number of aromatic nitrogens is 2. The van der Waals surface area contributed by atoms with Gasteiger partial charge in [0, 0.05) is 5.69 Å². The van der Waals surface area contributed by atoms with Crippen LogP contribution in [0.3, 0.4) is 0 Å². The number of hydrogen-bond donors (Lipinski definition) is 2. The summed E-state index contributed by atoms with van der Waals surface area (Å²) in [5.74, 6) is -0.635. The molecule has 1 aromatic heterocycles. The van der Waals surface area contributed by atoms with E-state index in [1.165, 1.54) is 47.4 Å². The lowest BCUT2D eigenvalue weighted by Gasteiger charge is -2.13. The molecule has 0 bridgehead atoms. The van der Waals surface area contributed by atoms with Crippen LogP contribution in [0.25, 0.3) is 0 Å². The molecule has 0 aliphatic heterocycles. The van der Waals surface area contributed by atoms with E-state index >= 15 is 0 Å². The first-order chi connectivity index (χ1) is 13.0. The molecular weight excluding hydrogens is 390 g/mol. The van der Waals surface area contributed by atoms with Crippen molar-refractivity contribution in [3.8, 4) is 0 Å². The van der Waals surface area contributed by atoms with Crippen molar-refractivity contribution < 1.29 is 13.6 Å². The molecule has 9 heteroatoms. The Morgan fingerprint density at radius 2 is 1.93 bits per heavy atom. The van der Waals surface area contributed by atoms with Crippen LogP contribution in [-0.4, -0.2) is 21.9 Å². The Hall–Kier alpha value is -2.52. The van der Waals surface area contributed by atoms with Gasteiger partial charge in [0.1, 0.15) is 11.6 Å². The van der Waals surface area contributed by atoms with Crippen LogP contribution in [0.2, 0.25) is 0 Å². The third kappa shape index (κ3) is 5.73. The zero-order valence-electron chi connectivity index (χ0n) is 14.3. The van der Waals surface area contributed by atoms with Gasteiger partial charge >= 0.3 is 0 Å². The van der Waals surface area contributed by atoms with Gasteiger partial charge in [-0.25, -0.2) is 8.78 Å². The van der Waals surface area contributed by atoms with Gasteiger partial charge in [-0.15, -0.1) is 10.2 Å². The largest absolute Gasteiger partial charge is 0.349 e. The summed E-state index contributed by atoms with van der Waals surface area (Å²) in [6.45, 7) is 1.84. The highest BCUT2D eigenvalue weighted by Crippen LogP contribution is 2.27. The fourth-order valence-electron chi connectivity index (χ4n) is 2.25. The van der Waals surface area contributed by atoms with Gasteiger partial charge in [-0.05, 0) is 42.8 Å². The monoisotopic (exact) mass is 406 g/mol. The second kappa shape index (κ2) is 8.92. The average molecular weight is 406 g/mol. The molecule has 0 aliphatic carbocycles. The van der Waals surface area contributed by atoms with Crippen LogP contribution in [0.15, 0.2) is 52.9 Å². The maximum atomic E-state index is 13.2. The summed E-state index contributed by atoms with van der Waals surface area (Å²) in [5, 5.41) is 14.3. The topological polar surface area (TPSA) is 66.9 Å². The van der Waals surface area contributed by atoms with Crippen LogP contribution < -0.4 is 10.6 Å². The number of nitrogens with one attached hydrogen (secondary N) is 2. The van der Waals surface area contributed by atoms with Gasteiger partial charge < -0.3 is 10.6 Å². The van der Waals surface area contributed by atoms with E-state index in [1.807, 2.05) is 6.92 Å². The summed E-state index contributed by atoms with van der Waals surface area (Å²) < 4.78 is 26.8. The van der Waals surface area contributed by atoms with E-state index in [-0.39, 0.29) is 29.3 Å². The first kappa shape index (κ1) is 19.2. The van der Waals surface area contributed by atoms with Gasteiger partial charge in [-0.2, -0.15) is 0 Å². The molecule has 0 saturated heterocycles. The number of thioether (sulfide) groups is 1. The number of carbonyl (C=O) groups is 1. The van der Waals surface area contributed by atoms with E-state index in [9.17, 15) is 13.6 Å². The third-order valence-corrected chi connectivity index (χ3v) is 5.53. The molecule has 3 rings (SSSR count). The van der Waals surface area contributed by atoms with Gasteiger partial charge in [0.15, 0.2) is 4.34 Å². The van der Waals surface area contributed by atoms with Crippen molar-refractivity contribution in [1.82, 2.24) is 15.5 Å². The molecule has 0 spiro atoms. The fourth-order valence-corrected chi connectivity index (χ4v) is 3.84. The number of halogens is 2. The highest BCUT2D eigenvalue weighted by molar-refractivity contribution is 8.01. The normalized spacial score (nSPS) is 11.8. The molecular formula is C18H16F2N4OS2. The lowest BCUT2D eigenvalue weighted by Crippen LogP contribution is -2.28. The number of benzene rings is 2. The minimum Gasteiger partial charge on any atom is -0.349 e. The molecule has 5 nitrogen and oxygen atoms in total. The Bertz CT molecular complexity index is 918. The summed E-state index contributed by atoms with van der Waals surface area (Å²) in [7, 11) is 0. The van der Waals surface area contributed by atoms with Gasteiger partial charge in [0.25, 0.3) is 0 Å². The van der Waals surface area contributed by atoms with Crippen molar-refractivity contribution in [2.45, 2.75) is 17.3 Å². The van der Waals surface area contributed by atoms with Crippen molar-refractivity contribution in [3.63, 3.8) is 0 Å². The zero-order chi connectivity index (χ0) is 19.2. The number of amides is 1. The van der Waals surface area contributed by atoms with Crippen molar-refractivity contribution in [2.24, 2.45) is 0 Å². The predicted molar refractivity (Wildman–Crippen MR) is 103 cm³/mol. The molecule has 27 heavy (non-hydrogen) atoms. The van der Waals surface area contributed by atoms with Crippen molar-refractivity contribution >= 4 is 39.8 Å². The molecule has 1 unspecified atom stereocenters. The molecule has 1 heterocycles. The molecule has 2 aromatic carbocycles. The maximum Gasteiger partial charge on any atom is 0.230 e. The van der Waals surface area contributed by atoms with E-state index in [0.29, 0.717) is 15.2 Å². The van der Waals surface area contributed by atoms with E-state index in [0.717, 1.165) is 5.56 Å². The van der Waals surface area contributed by atoms with Crippen LogP contribution in [0.1, 0.15) is 18.5 Å². The second-order valence-electron chi connectivity index (χ2n) is 5.64. The van der Waals surface area contributed by atoms with E-state index < -0.39 is 0 Å². The number of nitrogens with zero attached hydrogens (tertiary/aromatic N) is 2. The Kier molecular flexibility index (Phi) is 6.36. The van der Waals surface area contributed by atoms with Crippen molar-refractivity contribution in [1.29, 1.82) is 0 Å². The van der Waals surface area contributed by atoms with E-state index in [4.69, 9.17) is 0 Å². The van der Waals surface area contributed by atoms with Crippen molar-refractivity contribution in [2.75, 3.05) is 11.1 Å². The third-order valence-electron chi connectivity index (χ3n) is 3.56. The summed E-state index contributed by atoms with van der Waals surface area (Å²) >= 11 is 2.54. The molecule has 3 aromatic rings. The second-order valence-corrected chi connectivity index (χ2v) is 7.84. The SMILES string of the molecule is CC(NC(=O)CSc1nnc(Nc2cccc(F)c2)s1)c1ccc(F)cc1. The Morgan fingerprint density at radius 3 is 2.67 bits per heavy atom. The van der Waals surface area contributed by atoms with Gasteiger partial charge in [0.05, 0.1) is 11.8 Å². The number of rotatable bonds is 7. The molecule has 0 aliphatic rings. The highest BCUT2D eigenvalue weighted by Gasteiger charge is 2.12. The lowest BCUT2D eigenvalue weighted by molar-refractivity contribution is -0.119. The molecule has 140 valence electrons. The number of hydrogen-bond acceptors (Lipinski definition) is 6. The summed E-state index contributed by atoms with van der Waals surface area (Å²) in [5.41, 5.74) is 1.40. The van der Waals surface area contributed by atoms with E-state index in [2.05, 4.69) is 20.8 Å². The number of carbonyl (C=O) groups excluding carboxylic acids is 1. The van der Waals surface area contributed by atoms with E-state index in [1.54, 1.807) is 24.3 Å². The Morgan fingerprint density at radius 1 is 1.15 bits per heavy atom. The lowest BCUT2D eigenvalue weighted by atomic mass is 10.1. The fraction of sp³-hybridized carbons (Fsp3) is 0.167.